The number of hydrogen-bond donors (Lipinski definition) is 2. The van der Waals surface area contributed by atoms with E-state index in [-0.39, 0.29) is 17.7 Å². The van der Waals surface area contributed by atoms with Crippen LogP contribution in [0.3, 0.4) is 0 Å². The first-order valence-electron chi connectivity index (χ1n) is 13.6. The van der Waals surface area contributed by atoms with Crippen molar-refractivity contribution in [1.29, 1.82) is 0 Å². The molecule has 1 aromatic carbocycles. The highest BCUT2D eigenvalue weighted by Crippen LogP contribution is 2.46. The topological polar surface area (TPSA) is 94.6 Å². The normalized spacial score (nSPS) is 19.1. The number of aromatic nitrogens is 2. The zero-order valence-electron chi connectivity index (χ0n) is 22.8. The molecule has 1 aliphatic carbocycles. The van der Waals surface area contributed by atoms with Gasteiger partial charge < -0.3 is 24.8 Å². The van der Waals surface area contributed by atoms with Gasteiger partial charge in [0.15, 0.2) is 5.78 Å². The number of anilines is 2. The van der Waals surface area contributed by atoms with Crippen LogP contribution in [0.25, 0.3) is 22.0 Å². The molecule has 3 heterocycles. The molecule has 1 saturated heterocycles. The number of benzene rings is 1. The summed E-state index contributed by atoms with van der Waals surface area (Å²) in [7, 11) is 3.10. The Labute approximate surface area is 244 Å². The number of fused-ring (bicyclic) bond motifs is 1. The van der Waals surface area contributed by atoms with Crippen LogP contribution in [0.2, 0.25) is 10.0 Å². The Morgan fingerprint density at radius 1 is 1.12 bits per heavy atom. The molecule has 1 saturated carbocycles. The molecule has 0 unspecified atom stereocenters. The number of carbonyl (C=O) groups is 1. The van der Waals surface area contributed by atoms with Crippen molar-refractivity contribution in [3.05, 3.63) is 47.1 Å². The number of pyridine rings is 2. The second kappa shape index (κ2) is 12.6. The van der Waals surface area contributed by atoms with E-state index in [4.69, 9.17) is 42.4 Å². The average Bonchev–Trinajstić information content (AvgIpc) is 3.64. The SMILES string of the molecule is C=CC(=O)C[C@H]1COC[C@H]1Nc1cc2c(NCC3CCCC3)nc(-c3c(Cl)c(OC)cc(OC)c3Cl)cc2cn1. The first kappa shape index (κ1) is 28.5. The Hall–Kier alpha value is -3.07. The second-order valence-corrected chi connectivity index (χ2v) is 11.1. The van der Waals surface area contributed by atoms with Crippen molar-refractivity contribution in [2.45, 2.75) is 38.1 Å². The summed E-state index contributed by atoms with van der Waals surface area (Å²) in [6, 6.07) is 5.54. The number of allylic oxidation sites excluding steroid dienone is 1. The van der Waals surface area contributed by atoms with Crippen LogP contribution in [-0.4, -0.2) is 55.8 Å². The van der Waals surface area contributed by atoms with E-state index in [0.29, 0.717) is 64.2 Å². The molecule has 0 spiro atoms. The quantitative estimate of drug-likeness (QED) is 0.238. The summed E-state index contributed by atoms with van der Waals surface area (Å²) < 4.78 is 16.6. The van der Waals surface area contributed by atoms with Crippen molar-refractivity contribution in [3.8, 4) is 22.8 Å². The molecule has 2 atom stereocenters. The standard InChI is InChI=1S/C30H34Cl2N4O4/c1-4-20(37)9-19-15-40-16-23(19)35-26-11-21-18(14-33-26)10-22(36-30(21)34-13-17-7-5-6-8-17)27-28(31)24(38-2)12-25(39-3)29(27)32/h4,10-12,14,17,19,23H,1,5-9,13,15-16H2,2-3H3,(H,33,35)(H,34,36)/t19-,23+/m0/s1. The van der Waals surface area contributed by atoms with Crippen molar-refractivity contribution in [3.63, 3.8) is 0 Å². The zero-order chi connectivity index (χ0) is 28.2. The van der Waals surface area contributed by atoms with Crippen molar-refractivity contribution in [2.24, 2.45) is 11.8 Å². The van der Waals surface area contributed by atoms with E-state index < -0.39 is 0 Å². The highest BCUT2D eigenvalue weighted by Gasteiger charge is 2.30. The number of hydrogen-bond acceptors (Lipinski definition) is 8. The Morgan fingerprint density at radius 2 is 1.85 bits per heavy atom. The summed E-state index contributed by atoms with van der Waals surface area (Å²) in [6.45, 7) is 5.44. The number of nitrogens with one attached hydrogen (secondary N) is 2. The van der Waals surface area contributed by atoms with Crippen LogP contribution < -0.4 is 20.1 Å². The predicted octanol–water partition coefficient (Wildman–Crippen LogP) is 6.80. The summed E-state index contributed by atoms with van der Waals surface area (Å²) in [6.07, 6.45) is 8.48. The van der Waals surface area contributed by atoms with E-state index >= 15 is 0 Å². The molecule has 3 aromatic rings. The Kier molecular flexibility index (Phi) is 8.98. The molecule has 40 heavy (non-hydrogen) atoms. The van der Waals surface area contributed by atoms with Crippen LogP contribution in [-0.2, 0) is 9.53 Å². The maximum atomic E-state index is 12.0. The largest absolute Gasteiger partial charge is 0.495 e. The van der Waals surface area contributed by atoms with Gasteiger partial charge in [-0.05, 0) is 37.0 Å². The Morgan fingerprint density at radius 3 is 2.52 bits per heavy atom. The molecular formula is C30H34Cl2N4O4. The fraction of sp³-hybridized carbons (Fsp3) is 0.433. The van der Waals surface area contributed by atoms with Crippen LogP contribution in [0, 0.1) is 11.8 Å². The number of rotatable bonds is 11. The maximum absolute atomic E-state index is 12.0. The van der Waals surface area contributed by atoms with Gasteiger partial charge in [-0.1, -0.05) is 42.6 Å². The van der Waals surface area contributed by atoms with Crippen molar-refractivity contribution in [1.82, 2.24) is 9.97 Å². The average molecular weight is 586 g/mol. The third-order valence-electron chi connectivity index (χ3n) is 7.80. The van der Waals surface area contributed by atoms with E-state index in [1.54, 1.807) is 20.3 Å². The number of ketones is 1. The minimum Gasteiger partial charge on any atom is -0.495 e. The molecule has 212 valence electrons. The van der Waals surface area contributed by atoms with Crippen molar-refractivity contribution >= 4 is 51.4 Å². The summed E-state index contributed by atoms with van der Waals surface area (Å²) in [4.78, 5) is 21.7. The second-order valence-electron chi connectivity index (χ2n) is 10.4. The van der Waals surface area contributed by atoms with E-state index in [2.05, 4.69) is 22.2 Å². The lowest BCUT2D eigenvalue weighted by atomic mass is 9.97. The maximum Gasteiger partial charge on any atom is 0.155 e. The van der Waals surface area contributed by atoms with Crippen LogP contribution in [0.5, 0.6) is 11.5 Å². The first-order valence-corrected chi connectivity index (χ1v) is 14.3. The highest BCUT2D eigenvalue weighted by atomic mass is 35.5. The molecule has 8 nitrogen and oxygen atoms in total. The predicted molar refractivity (Wildman–Crippen MR) is 160 cm³/mol. The fourth-order valence-corrected chi connectivity index (χ4v) is 6.24. The number of ether oxygens (including phenoxy) is 3. The fourth-order valence-electron chi connectivity index (χ4n) is 5.55. The lowest BCUT2D eigenvalue weighted by Crippen LogP contribution is -2.29. The van der Waals surface area contributed by atoms with Crippen molar-refractivity contribution in [2.75, 3.05) is 44.6 Å². The van der Waals surface area contributed by atoms with Gasteiger partial charge in [-0.25, -0.2) is 9.97 Å². The Bertz CT molecular complexity index is 1380. The lowest BCUT2D eigenvalue weighted by Gasteiger charge is -2.20. The number of halogens is 2. The van der Waals surface area contributed by atoms with Gasteiger partial charge in [0, 0.05) is 47.5 Å². The lowest BCUT2D eigenvalue weighted by molar-refractivity contribution is -0.115. The molecule has 0 radical (unpaired) electrons. The molecule has 1 aliphatic heterocycles. The zero-order valence-corrected chi connectivity index (χ0v) is 24.3. The van der Waals surface area contributed by atoms with Gasteiger partial charge in [0.2, 0.25) is 0 Å². The molecule has 0 bridgehead atoms. The summed E-state index contributed by atoms with van der Waals surface area (Å²) in [5.41, 5.74) is 1.12. The highest BCUT2D eigenvalue weighted by molar-refractivity contribution is 6.41. The number of methoxy groups -OCH3 is 2. The molecule has 2 N–H and O–H groups in total. The van der Waals surface area contributed by atoms with Crippen LogP contribution in [0.15, 0.2) is 37.1 Å². The monoisotopic (exact) mass is 584 g/mol. The number of nitrogens with zero attached hydrogens (tertiary/aromatic N) is 2. The first-order chi connectivity index (χ1) is 19.4. The van der Waals surface area contributed by atoms with Gasteiger partial charge in [0.1, 0.15) is 23.1 Å². The third kappa shape index (κ3) is 5.99. The van der Waals surface area contributed by atoms with Gasteiger partial charge in [-0.2, -0.15) is 0 Å². The van der Waals surface area contributed by atoms with Crippen LogP contribution in [0.1, 0.15) is 32.1 Å². The summed E-state index contributed by atoms with van der Waals surface area (Å²) >= 11 is 13.5. The molecule has 5 rings (SSSR count). The Balaban J connectivity index is 1.54. The number of carbonyl (C=O) groups excluding carboxylic acids is 1. The van der Waals surface area contributed by atoms with E-state index in [0.717, 1.165) is 23.1 Å². The van der Waals surface area contributed by atoms with Gasteiger partial charge in [-0.15, -0.1) is 0 Å². The molecular weight excluding hydrogens is 551 g/mol. The van der Waals surface area contributed by atoms with Gasteiger partial charge in [0.25, 0.3) is 0 Å². The van der Waals surface area contributed by atoms with Crippen molar-refractivity contribution < 1.29 is 19.0 Å². The van der Waals surface area contributed by atoms with E-state index in [9.17, 15) is 4.79 Å². The molecule has 2 aromatic heterocycles. The summed E-state index contributed by atoms with van der Waals surface area (Å²) in [5, 5.41) is 9.58. The van der Waals surface area contributed by atoms with Crippen LogP contribution >= 0.6 is 23.2 Å². The minimum atomic E-state index is -0.0298. The summed E-state index contributed by atoms with van der Waals surface area (Å²) in [5.74, 6) is 2.97. The van der Waals surface area contributed by atoms with Gasteiger partial charge in [-0.3, -0.25) is 4.79 Å². The minimum absolute atomic E-state index is 0.00962. The molecule has 0 amide bonds. The molecule has 2 fully saturated rings. The third-order valence-corrected chi connectivity index (χ3v) is 8.55. The molecule has 2 aliphatic rings. The van der Waals surface area contributed by atoms with Gasteiger partial charge >= 0.3 is 0 Å². The smallest absolute Gasteiger partial charge is 0.155 e. The van der Waals surface area contributed by atoms with Crippen LogP contribution in [0.4, 0.5) is 11.6 Å². The molecule has 10 heteroatoms. The van der Waals surface area contributed by atoms with E-state index in [1.165, 1.54) is 31.8 Å². The van der Waals surface area contributed by atoms with E-state index in [1.807, 2.05) is 18.3 Å². The van der Waals surface area contributed by atoms with Gasteiger partial charge in [0.05, 0.1) is 49.2 Å².